The van der Waals surface area contributed by atoms with Gasteiger partial charge in [0.2, 0.25) is 0 Å². The second-order valence-electron chi connectivity index (χ2n) is 9.31. The smallest absolute Gasteiger partial charge is 0.303 e. The summed E-state index contributed by atoms with van der Waals surface area (Å²) in [6.07, 6.45) is 2.52. The van der Waals surface area contributed by atoms with Crippen molar-refractivity contribution in [3.8, 4) is 5.75 Å². The number of ether oxygens (including phenoxy) is 1. The summed E-state index contributed by atoms with van der Waals surface area (Å²) < 4.78 is 20.8. The van der Waals surface area contributed by atoms with Crippen molar-refractivity contribution in [3.05, 3.63) is 65.3 Å². The number of likely N-dealkylation sites (tertiary alicyclic amines) is 1. The quantitative estimate of drug-likeness (QED) is 0.272. The lowest BCUT2D eigenvalue weighted by Gasteiger charge is -2.38. The molecule has 8 heteroatoms. The minimum absolute atomic E-state index is 0.0167. The van der Waals surface area contributed by atoms with Crippen molar-refractivity contribution in [2.75, 3.05) is 32.5 Å². The normalized spacial score (nSPS) is 19.3. The Morgan fingerprint density at radius 1 is 1.28 bits per heavy atom. The van der Waals surface area contributed by atoms with Crippen molar-refractivity contribution in [1.29, 1.82) is 0 Å². The van der Waals surface area contributed by atoms with Crippen LogP contribution in [0.1, 0.15) is 37.4 Å². The predicted octanol–water partition coefficient (Wildman–Crippen LogP) is 6.89. The molecule has 1 aliphatic rings. The van der Waals surface area contributed by atoms with Gasteiger partial charge in [-0.2, -0.15) is 0 Å². The number of thioether (sulfide) groups is 1. The molecule has 36 heavy (non-hydrogen) atoms. The lowest BCUT2D eigenvalue weighted by molar-refractivity contribution is -0.139. The van der Waals surface area contributed by atoms with Gasteiger partial charge in [-0.3, -0.25) is 9.78 Å². The Morgan fingerprint density at radius 3 is 2.89 bits per heavy atom. The zero-order valence-corrected chi connectivity index (χ0v) is 22.0. The largest absolute Gasteiger partial charge is 0.497 e. The highest BCUT2D eigenvalue weighted by Gasteiger charge is 2.31. The molecule has 2 aromatic carbocycles. The second-order valence-corrected chi connectivity index (χ2v) is 10.9. The van der Waals surface area contributed by atoms with Crippen LogP contribution in [0.4, 0.5) is 4.39 Å². The molecule has 2 heterocycles. The molecule has 192 valence electrons. The van der Waals surface area contributed by atoms with Crippen LogP contribution in [-0.4, -0.2) is 53.5 Å². The van der Waals surface area contributed by atoms with E-state index in [1.54, 1.807) is 31.1 Å². The van der Waals surface area contributed by atoms with E-state index >= 15 is 4.39 Å². The Hall–Kier alpha value is -2.35. The van der Waals surface area contributed by atoms with Crippen LogP contribution in [0.5, 0.6) is 5.75 Å². The Morgan fingerprint density at radius 2 is 2.11 bits per heavy atom. The van der Waals surface area contributed by atoms with Gasteiger partial charge in [0.05, 0.1) is 17.6 Å². The van der Waals surface area contributed by atoms with Crippen LogP contribution in [0.2, 0.25) is 5.02 Å². The maximum atomic E-state index is 15.5. The number of fused-ring (bicyclic) bond motifs is 1. The van der Waals surface area contributed by atoms with Crippen LogP contribution in [0.3, 0.4) is 0 Å². The monoisotopic (exact) mass is 530 g/mol. The first-order chi connectivity index (χ1) is 17.4. The number of carboxylic acid groups (broad SMARTS) is 1. The number of carboxylic acids is 1. The number of nitrogens with zero attached hydrogens (tertiary/aromatic N) is 2. The van der Waals surface area contributed by atoms with E-state index in [2.05, 4.69) is 9.88 Å². The molecule has 1 fully saturated rings. The van der Waals surface area contributed by atoms with Crippen LogP contribution in [0, 0.1) is 11.8 Å². The van der Waals surface area contributed by atoms with E-state index in [-0.39, 0.29) is 18.3 Å². The molecular formula is C28H32ClFN2O3S. The molecule has 0 bridgehead atoms. The molecule has 0 spiro atoms. The van der Waals surface area contributed by atoms with E-state index in [1.165, 1.54) is 0 Å². The predicted molar refractivity (Wildman–Crippen MR) is 144 cm³/mol. The van der Waals surface area contributed by atoms with Gasteiger partial charge in [0.25, 0.3) is 0 Å². The third-order valence-electron chi connectivity index (χ3n) is 7.02. The molecule has 3 atom stereocenters. The van der Waals surface area contributed by atoms with E-state index in [4.69, 9.17) is 16.3 Å². The summed E-state index contributed by atoms with van der Waals surface area (Å²) in [5.41, 5.74) is 1.35. The summed E-state index contributed by atoms with van der Waals surface area (Å²) in [4.78, 5) is 19.3. The van der Waals surface area contributed by atoms with Crippen LogP contribution < -0.4 is 4.74 Å². The minimum Gasteiger partial charge on any atom is -0.497 e. The highest BCUT2D eigenvalue weighted by molar-refractivity contribution is 7.99. The first-order valence-corrected chi connectivity index (χ1v) is 13.7. The fraction of sp³-hybridized carbons (Fsp3) is 0.429. The van der Waals surface area contributed by atoms with E-state index in [1.807, 2.05) is 42.5 Å². The lowest BCUT2D eigenvalue weighted by Crippen LogP contribution is -2.42. The van der Waals surface area contributed by atoms with Gasteiger partial charge >= 0.3 is 5.97 Å². The van der Waals surface area contributed by atoms with Crippen LogP contribution in [0.25, 0.3) is 10.9 Å². The highest BCUT2D eigenvalue weighted by atomic mass is 35.5. The van der Waals surface area contributed by atoms with E-state index < -0.39 is 12.1 Å². The number of alkyl halides is 1. The summed E-state index contributed by atoms with van der Waals surface area (Å²) in [7, 11) is 1.59. The highest BCUT2D eigenvalue weighted by Crippen LogP contribution is 2.36. The molecule has 0 amide bonds. The standard InChI is InChI=1S/C28H32ClFN2O3S/c1-35-21-7-9-26-23(17-21)22(10-12-31-26)25(30)8-6-19-11-13-32(18-20(19)16-28(33)34)14-15-36-27-5-3-2-4-24(27)29/h2-5,7,9-10,12,17,19-20,25H,6,8,11,13-16,18H2,1H3,(H,33,34)/t19-,20+,25?/m1/s1. The van der Waals surface area contributed by atoms with Gasteiger partial charge in [0, 0.05) is 41.7 Å². The molecule has 0 aliphatic carbocycles. The first-order valence-electron chi connectivity index (χ1n) is 12.3. The number of hydrogen-bond acceptors (Lipinski definition) is 5. The number of methoxy groups -OCH3 is 1. The van der Waals surface area contributed by atoms with Gasteiger partial charge in [-0.25, -0.2) is 4.39 Å². The molecule has 0 radical (unpaired) electrons. The maximum Gasteiger partial charge on any atom is 0.303 e. The van der Waals surface area contributed by atoms with Gasteiger partial charge in [0.1, 0.15) is 11.9 Å². The molecule has 4 rings (SSSR count). The zero-order valence-electron chi connectivity index (χ0n) is 20.4. The number of rotatable bonds is 11. The summed E-state index contributed by atoms with van der Waals surface area (Å²) in [5.74, 6) is 0.976. The van der Waals surface area contributed by atoms with E-state index in [0.29, 0.717) is 24.2 Å². The zero-order chi connectivity index (χ0) is 25.5. The van der Waals surface area contributed by atoms with Gasteiger partial charge in [-0.1, -0.05) is 23.7 Å². The molecule has 1 saturated heterocycles. The molecule has 1 aliphatic heterocycles. The number of aliphatic carboxylic acids is 1. The molecule has 0 saturated carbocycles. The number of carbonyl (C=O) groups is 1. The Labute approximate surface area is 221 Å². The van der Waals surface area contributed by atoms with E-state index in [0.717, 1.165) is 52.6 Å². The average Bonchev–Trinajstić information content (AvgIpc) is 2.88. The van der Waals surface area contributed by atoms with Crippen molar-refractivity contribution in [2.24, 2.45) is 11.8 Å². The molecule has 1 aromatic heterocycles. The number of aromatic nitrogens is 1. The van der Waals surface area contributed by atoms with Gasteiger partial charge in [-0.05, 0) is 79.6 Å². The molecule has 5 nitrogen and oxygen atoms in total. The van der Waals surface area contributed by atoms with Crippen molar-refractivity contribution in [1.82, 2.24) is 9.88 Å². The topological polar surface area (TPSA) is 62.7 Å². The number of piperidine rings is 1. The number of halogens is 2. The fourth-order valence-electron chi connectivity index (χ4n) is 5.10. The summed E-state index contributed by atoms with van der Waals surface area (Å²) in [6.45, 7) is 2.50. The number of benzene rings is 2. The van der Waals surface area contributed by atoms with Crippen molar-refractivity contribution < 1.29 is 19.0 Å². The molecular weight excluding hydrogens is 499 g/mol. The van der Waals surface area contributed by atoms with Crippen LogP contribution in [0.15, 0.2) is 59.6 Å². The van der Waals surface area contributed by atoms with Crippen LogP contribution in [-0.2, 0) is 4.79 Å². The van der Waals surface area contributed by atoms with E-state index in [9.17, 15) is 9.90 Å². The molecule has 1 N–H and O–H groups in total. The molecule has 1 unspecified atom stereocenters. The van der Waals surface area contributed by atoms with Crippen LogP contribution >= 0.6 is 23.4 Å². The lowest BCUT2D eigenvalue weighted by atomic mass is 9.79. The molecule has 3 aromatic rings. The van der Waals surface area contributed by atoms with Crippen molar-refractivity contribution >= 4 is 40.2 Å². The maximum absolute atomic E-state index is 15.5. The second kappa shape index (κ2) is 12.7. The Balaban J connectivity index is 1.35. The third-order valence-corrected chi connectivity index (χ3v) is 8.52. The number of pyridine rings is 1. The average molecular weight is 531 g/mol. The summed E-state index contributed by atoms with van der Waals surface area (Å²) in [6, 6.07) is 15.0. The first kappa shape index (κ1) is 26.7. The Kier molecular flexibility index (Phi) is 9.46. The SMILES string of the molecule is COc1ccc2nccc(C(F)CC[C@@H]3CCN(CCSc4ccccc4Cl)C[C@@H]3CC(=O)O)c2c1. The minimum atomic E-state index is -1.14. The van der Waals surface area contributed by atoms with Gasteiger partial charge < -0.3 is 14.7 Å². The Bertz CT molecular complexity index is 1180. The fourth-order valence-corrected chi connectivity index (χ4v) is 6.35. The summed E-state index contributed by atoms with van der Waals surface area (Å²) in [5, 5.41) is 11.0. The third kappa shape index (κ3) is 6.90. The summed E-state index contributed by atoms with van der Waals surface area (Å²) >= 11 is 7.98. The van der Waals surface area contributed by atoms with Crippen molar-refractivity contribution in [3.63, 3.8) is 0 Å². The van der Waals surface area contributed by atoms with Gasteiger partial charge in [-0.15, -0.1) is 11.8 Å². The van der Waals surface area contributed by atoms with Gasteiger partial charge in [0.15, 0.2) is 0 Å². The van der Waals surface area contributed by atoms with Crippen molar-refractivity contribution in [2.45, 2.75) is 36.8 Å². The number of hydrogen-bond donors (Lipinski definition) is 1.